The van der Waals surface area contributed by atoms with E-state index in [0.29, 0.717) is 11.6 Å². The summed E-state index contributed by atoms with van der Waals surface area (Å²) < 4.78 is 0. The van der Waals surface area contributed by atoms with E-state index in [1.54, 1.807) is 17.8 Å². The van der Waals surface area contributed by atoms with Crippen molar-refractivity contribution in [2.24, 2.45) is 0 Å². The van der Waals surface area contributed by atoms with Crippen molar-refractivity contribution in [3.8, 4) is 6.07 Å². The second kappa shape index (κ2) is 11.3. The zero-order valence-electron chi connectivity index (χ0n) is 16.3. The molecule has 5 heteroatoms. The van der Waals surface area contributed by atoms with Gasteiger partial charge < -0.3 is 5.32 Å². The molecule has 0 saturated heterocycles. The molecule has 0 heterocycles. The SMILES string of the molecule is N#C/C(=C/c1ccc(Sc2ccc(Cl)cc2)cc1)C(=O)NCCCc1ccccc1. The highest BCUT2D eigenvalue weighted by atomic mass is 35.5. The maximum atomic E-state index is 12.3. The van der Waals surface area contributed by atoms with E-state index in [-0.39, 0.29) is 11.5 Å². The normalized spacial score (nSPS) is 11.0. The molecule has 0 radical (unpaired) electrons. The van der Waals surface area contributed by atoms with Crippen LogP contribution in [0.15, 0.2) is 94.2 Å². The summed E-state index contributed by atoms with van der Waals surface area (Å²) in [6.45, 7) is 0.531. The summed E-state index contributed by atoms with van der Waals surface area (Å²) in [7, 11) is 0. The van der Waals surface area contributed by atoms with E-state index in [0.717, 1.165) is 28.2 Å². The fourth-order valence-electron chi connectivity index (χ4n) is 2.82. The van der Waals surface area contributed by atoms with Crippen LogP contribution in [0.25, 0.3) is 6.08 Å². The molecule has 3 nitrogen and oxygen atoms in total. The van der Waals surface area contributed by atoms with Crippen LogP contribution in [0.5, 0.6) is 0 Å². The molecule has 0 saturated carbocycles. The summed E-state index contributed by atoms with van der Waals surface area (Å²) in [5.74, 6) is -0.342. The van der Waals surface area contributed by atoms with Gasteiger partial charge in [0.25, 0.3) is 5.91 Å². The number of nitrogens with one attached hydrogen (secondary N) is 1. The third-order valence-corrected chi connectivity index (χ3v) is 5.64. The van der Waals surface area contributed by atoms with Crippen molar-refractivity contribution >= 4 is 35.3 Å². The summed E-state index contributed by atoms with van der Waals surface area (Å²) >= 11 is 7.54. The Hall–Kier alpha value is -3.00. The monoisotopic (exact) mass is 432 g/mol. The van der Waals surface area contributed by atoms with E-state index in [4.69, 9.17) is 11.6 Å². The van der Waals surface area contributed by atoms with Crippen molar-refractivity contribution in [2.45, 2.75) is 22.6 Å². The number of carbonyl (C=O) groups excluding carboxylic acids is 1. The second-order valence-electron chi connectivity index (χ2n) is 6.64. The summed E-state index contributed by atoms with van der Waals surface area (Å²) in [5, 5.41) is 12.9. The van der Waals surface area contributed by atoms with E-state index < -0.39 is 0 Å². The molecule has 3 rings (SSSR count). The summed E-state index contributed by atoms with van der Waals surface area (Å²) in [4.78, 5) is 14.5. The van der Waals surface area contributed by atoms with Gasteiger partial charge in [-0.3, -0.25) is 4.79 Å². The zero-order chi connectivity index (χ0) is 21.2. The third-order valence-electron chi connectivity index (χ3n) is 4.38. The average molecular weight is 433 g/mol. The van der Waals surface area contributed by atoms with Crippen LogP contribution in [0.3, 0.4) is 0 Å². The Bertz CT molecular complexity index is 1040. The molecule has 0 fully saturated rings. The van der Waals surface area contributed by atoms with Gasteiger partial charge in [-0.25, -0.2) is 0 Å². The van der Waals surface area contributed by atoms with Gasteiger partial charge in [0.2, 0.25) is 0 Å². The number of benzene rings is 3. The number of carbonyl (C=O) groups is 1. The number of amides is 1. The van der Waals surface area contributed by atoms with Crippen LogP contribution in [0.2, 0.25) is 5.02 Å². The van der Waals surface area contributed by atoms with Gasteiger partial charge in [0.1, 0.15) is 11.6 Å². The molecular formula is C25H21ClN2OS. The summed E-state index contributed by atoms with van der Waals surface area (Å²) in [5.41, 5.74) is 2.15. The Morgan fingerprint density at radius 3 is 2.23 bits per heavy atom. The van der Waals surface area contributed by atoms with Gasteiger partial charge in [-0.2, -0.15) is 5.26 Å². The number of hydrogen-bond donors (Lipinski definition) is 1. The number of halogens is 1. The minimum absolute atomic E-state index is 0.104. The fourth-order valence-corrected chi connectivity index (χ4v) is 3.76. The lowest BCUT2D eigenvalue weighted by atomic mass is 10.1. The lowest BCUT2D eigenvalue weighted by Gasteiger charge is -2.05. The lowest BCUT2D eigenvalue weighted by Crippen LogP contribution is -2.25. The van der Waals surface area contributed by atoms with Crippen molar-refractivity contribution in [3.05, 3.63) is 101 Å². The number of aryl methyl sites for hydroxylation is 1. The van der Waals surface area contributed by atoms with Crippen LogP contribution < -0.4 is 5.32 Å². The van der Waals surface area contributed by atoms with Gasteiger partial charge in [-0.05, 0) is 66.4 Å². The molecule has 0 aliphatic heterocycles. The van der Waals surface area contributed by atoms with E-state index >= 15 is 0 Å². The largest absolute Gasteiger partial charge is 0.351 e. The number of rotatable bonds is 8. The van der Waals surface area contributed by atoms with Gasteiger partial charge in [0.15, 0.2) is 0 Å². The van der Waals surface area contributed by atoms with Gasteiger partial charge in [-0.1, -0.05) is 65.8 Å². The average Bonchev–Trinajstić information content (AvgIpc) is 2.78. The molecule has 0 bridgehead atoms. The molecule has 1 amide bonds. The molecule has 30 heavy (non-hydrogen) atoms. The van der Waals surface area contributed by atoms with Crippen LogP contribution in [0, 0.1) is 11.3 Å². The highest BCUT2D eigenvalue weighted by molar-refractivity contribution is 7.99. The van der Waals surface area contributed by atoms with E-state index in [1.807, 2.05) is 72.8 Å². The van der Waals surface area contributed by atoms with Crippen LogP contribution in [0.1, 0.15) is 17.5 Å². The van der Waals surface area contributed by atoms with Gasteiger partial charge in [0, 0.05) is 21.4 Å². The Labute approximate surface area is 186 Å². The van der Waals surface area contributed by atoms with E-state index in [1.165, 1.54) is 5.56 Å². The molecule has 1 N–H and O–H groups in total. The van der Waals surface area contributed by atoms with Crippen LogP contribution in [-0.4, -0.2) is 12.5 Å². The maximum Gasteiger partial charge on any atom is 0.261 e. The van der Waals surface area contributed by atoms with Crippen LogP contribution >= 0.6 is 23.4 Å². The zero-order valence-corrected chi connectivity index (χ0v) is 17.9. The standard InChI is InChI=1S/C25H21ClN2OS/c26-22-10-14-24(15-11-22)30-23-12-8-20(9-13-23)17-21(18-27)25(29)28-16-4-7-19-5-2-1-3-6-19/h1-3,5-6,8-15,17H,4,7,16H2,(H,28,29)/b21-17-. The smallest absolute Gasteiger partial charge is 0.261 e. The highest BCUT2D eigenvalue weighted by Crippen LogP contribution is 2.28. The fraction of sp³-hybridized carbons (Fsp3) is 0.120. The quantitative estimate of drug-likeness (QED) is 0.264. The lowest BCUT2D eigenvalue weighted by molar-refractivity contribution is -0.117. The molecular weight excluding hydrogens is 412 g/mol. The predicted molar refractivity (Wildman–Crippen MR) is 123 cm³/mol. The Balaban J connectivity index is 1.53. The van der Waals surface area contributed by atoms with Crippen molar-refractivity contribution in [1.82, 2.24) is 5.32 Å². The molecule has 150 valence electrons. The highest BCUT2D eigenvalue weighted by Gasteiger charge is 2.08. The summed E-state index contributed by atoms with van der Waals surface area (Å²) in [6.07, 6.45) is 3.33. The first-order valence-electron chi connectivity index (χ1n) is 9.61. The molecule has 0 atom stereocenters. The molecule has 0 aliphatic carbocycles. The number of nitrogens with zero attached hydrogens (tertiary/aromatic N) is 1. The molecule has 0 aromatic heterocycles. The van der Waals surface area contributed by atoms with Gasteiger partial charge in [-0.15, -0.1) is 0 Å². The molecule has 0 spiro atoms. The maximum absolute atomic E-state index is 12.3. The van der Waals surface area contributed by atoms with Crippen molar-refractivity contribution in [3.63, 3.8) is 0 Å². The first kappa shape index (κ1) is 21.7. The number of nitriles is 1. The van der Waals surface area contributed by atoms with Crippen molar-refractivity contribution in [2.75, 3.05) is 6.54 Å². The Kier molecular flexibility index (Phi) is 8.14. The molecule has 3 aromatic carbocycles. The van der Waals surface area contributed by atoms with Crippen LogP contribution in [-0.2, 0) is 11.2 Å². The number of hydrogen-bond acceptors (Lipinski definition) is 3. The summed E-state index contributed by atoms with van der Waals surface area (Å²) in [6, 6.07) is 27.5. The van der Waals surface area contributed by atoms with Crippen molar-refractivity contribution in [1.29, 1.82) is 5.26 Å². The topological polar surface area (TPSA) is 52.9 Å². The molecule has 0 aliphatic rings. The third kappa shape index (κ3) is 6.81. The Morgan fingerprint density at radius 2 is 1.60 bits per heavy atom. The minimum atomic E-state index is -0.342. The predicted octanol–water partition coefficient (Wildman–Crippen LogP) is 6.15. The second-order valence-corrected chi connectivity index (χ2v) is 8.22. The first-order chi connectivity index (χ1) is 14.6. The Morgan fingerprint density at radius 1 is 0.967 bits per heavy atom. The first-order valence-corrected chi connectivity index (χ1v) is 10.8. The van der Waals surface area contributed by atoms with E-state index in [2.05, 4.69) is 17.4 Å². The minimum Gasteiger partial charge on any atom is -0.351 e. The van der Waals surface area contributed by atoms with Gasteiger partial charge in [0.05, 0.1) is 0 Å². The van der Waals surface area contributed by atoms with Crippen LogP contribution in [0.4, 0.5) is 0 Å². The molecule has 0 unspecified atom stereocenters. The van der Waals surface area contributed by atoms with E-state index in [9.17, 15) is 10.1 Å². The molecule has 3 aromatic rings. The van der Waals surface area contributed by atoms with Crippen molar-refractivity contribution < 1.29 is 4.79 Å². The van der Waals surface area contributed by atoms with Gasteiger partial charge >= 0.3 is 0 Å².